The molecule has 0 aliphatic rings. The minimum atomic E-state index is -4.35. The number of carbonyl (C=O) groups is 1. The Hall–Kier alpha value is -1.54. The zero-order chi connectivity index (χ0) is 40.7. The van der Waals surface area contributed by atoms with Gasteiger partial charge < -0.3 is 19.8 Å². The fourth-order valence-corrected chi connectivity index (χ4v) is 6.89. The molecule has 0 aromatic rings. The summed E-state index contributed by atoms with van der Waals surface area (Å²) in [5, 5.41) is 13.8. The van der Waals surface area contributed by atoms with E-state index in [1.807, 2.05) is 27.2 Å². The maximum absolute atomic E-state index is 12.8. The fraction of sp³-hybridized carbons (Fsp3) is 0.804. The van der Waals surface area contributed by atoms with Crippen LogP contribution in [0.3, 0.4) is 0 Å². The minimum Gasteiger partial charge on any atom is -0.387 e. The quantitative estimate of drug-likeness (QED) is 0.0247. The van der Waals surface area contributed by atoms with Crippen LogP contribution in [0.2, 0.25) is 0 Å². The predicted molar refractivity (Wildman–Crippen MR) is 235 cm³/mol. The van der Waals surface area contributed by atoms with Crippen LogP contribution in [0.5, 0.6) is 0 Å². The van der Waals surface area contributed by atoms with Crippen molar-refractivity contribution < 1.29 is 32.9 Å². The Morgan fingerprint density at radius 3 is 1.64 bits per heavy atom. The first kappa shape index (κ1) is 53.5. The molecule has 0 saturated heterocycles. The highest BCUT2D eigenvalue weighted by Crippen LogP contribution is 2.43. The molecular formula is C46H88N2O6P+. The third-order valence-corrected chi connectivity index (χ3v) is 10.7. The van der Waals surface area contributed by atoms with Gasteiger partial charge in [0, 0.05) is 6.42 Å². The van der Waals surface area contributed by atoms with Crippen LogP contribution in [0.25, 0.3) is 0 Å². The third-order valence-electron chi connectivity index (χ3n) is 9.75. The number of aliphatic hydroxyl groups excluding tert-OH is 1. The van der Waals surface area contributed by atoms with E-state index in [1.165, 1.54) is 96.3 Å². The second-order valence-electron chi connectivity index (χ2n) is 16.4. The smallest absolute Gasteiger partial charge is 0.387 e. The lowest BCUT2D eigenvalue weighted by Crippen LogP contribution is -2.45. The molecular weight excluding hydrogens is 707 g/mol. The number of likely N-dealkylation sites (N-methyl/N-ethyl adjacent to an activating group) is 1. The number of quaternary nitrogens is 1. The largest absolute Gasteiger partial charge is 0.472 e. The average molecular weight is 796 g/mol. The number of allylic oxidation sites excluding steroid dienone is 7. The van der Waals surface area contributed by atoms with Gasteiger partial charge in [-0.2, -0.15) is 0 Å². The first-order valence-electron chi connectivity index (χ1n) is 22.5. The molecule has 8 nitrogen and oxygen atoms in total. The monoisotopic (exact) mass is 796 g/mol. The molecule has 0 aromatic heterocycles. The molecule has 3 N–H and O–H groups in total. The van der Waals surface area contributed by atoms with E-state index in [0.717, 1.165) is 70.6 Å². The van der Waals surface area contributed by atoms with Gasteiger partial charge in [-0.15, -0.1) is 0 Å². The molecule has 0 aromatic carbocycles. The summed E-state index contributed by atoms with van der Waals surface area (Å²) >= 11 is 0. The van der Waals surface area contributed by atoms with Gasteiger partial charge in [0.25, 0.3) is 0 Å². The molecule has 0 heterocycles. The van der Waals surface area contributed by atoms with E-state index in [-0.39, 0.29) is 19.1 Å². The van der Waals surface area contributed by atoms with E-state index in [2.05, 4.69) is 55.6 Å². The van der Waals surface area contributed by atoms with Crippen molar-refractivity contribution in [2.45, 2.75) is 199 Å². The number of hydrogen-bond donors (Lipinski definition) is 3. The van der Waals surface area contributed by atoms with Gasteiger partial charge in [-0.3, -0.25) is 13.8 Å². The molecule has 1 amide bonds. The van der Waals surface area contributed by atoms with Gasteiger partial charge in [-0.05, 0) is 57.8 Å². The van der Waals surface area contributed by atoms with Crippen LogP contribution in [-0.2, 0) is 18.4 Å². The number of phosphoric acid groups is 1. The molecule has 0 saturated carbocycles. The van der Waals surface area contributed by atoms with Gasteiger partial charge in [0.2, 0.25) is 5.91 Å². The van der Waals surface area contributed by atoms with E-state index in [4.69, 9.17) is 9.05 Å². The molecule has 3 unspecified atom stereocenters. The molecule has 0 aliphatic carbocycles. The van der Waals surface area contributed by atoms with Crippen LogP contribution in [0.4, 0.5) is 0 Å². The Bertz CT molecular complexity index is 1040. The van der Waals surface area contributed by atoms with Gasteiger partial charge in [0.15, 0.2) is 0 Å². The summed E-state index contributed by atoms with van der Waals surface area (Å²) in [6.45, 7) is 4.71. The number of nitrogens with zero attached hydrogens (tertiary/aromatic N) is 1. The molecule has 0 aliphatic heterocycles. The van der Waals surface area contributed by atoms with E-state index >= 15 is 0 Å². The maximum atomic E-state index is 12.8. The molecule has 0 spiro atoms. The van der Waals surface area contributed by atoms with Gasteiger partial charge >= 0.3 is 7.82 Å². The second-order valence-corrected chi connectivity index (χ2v) is 17.9. The van der Waals surface area contributed by atoms with E-state index < -0.39 is 20.0 Å². The summed E-state index contributed by atoms with van der Waals surface area (Å²) in [6, 6.07) is -0.870. The molecule has 9 heteroatoms. The SMILES string of the molecule is CCC/C=C\C/C=C\CCCCCCCC(=O)NC(COP(=O)(O)OCC[N+](C)(C)C)C(O)/C=C/CC/C=C/CCCCCCCCCCCCCCCC. The number of unbranched alkanes of at least 4 members (excludes halogenated alkanes) is 21. The molecule has 322 valence electrons. The standard InChI is InChI=1S/C46H87N2O6P/c1-6-8-10-12-14-16-18-20-21-22-23-24-25-26-28-29-31-33-35-37-39-45(49)44(43-54-55(51,52)53-42-41-48(3,4)5)47-46(50)40-38-36-34-32-30-27-19-17-15-13-11-9-7-2/h11,13,17,19,29,31,37,39,44-45,49H,6-10,12,14-16,18,20-28,30,32-36,38,40-43H2,1-5H3,(H-,47,50,51,52)/p+1/b13-11-,19-17-,31-29+,39-37+. The lowest BCUT2D eigenvalue weighted by atomic mass is 10.0. The van der Waals surface area contributed by atoms with Gasteiger partial charge in [0.1, 0.15) is 13.2 Å². The summed E-state index contributed by atoms with van der Waals surface area (Å²) < 4.78 is 23.5. The highest BCUT2D eigenvalue weighted by Gasteiger charge is 2.27. The number of rotatable bonds is 40. The summed E-state index contributed by atoms with van der Waals surface area (Å²) in [6.07, 6.45) is 47.6. The van der Waals surface area contributed by atoms with Crippen LogP contribution in [0.1, 0.15) is 187 Å². The molecule has 0 radical (unpaired) electrons. The van der Waals surface area contributed by atoms with Crippen molar-refractivity contribution in [3.05, 3.63) is 48.6 Å². The number of nitrogens with one attached hydrogen (secondary N) is 1. The lowest BCUT2D eigenvalue weighted by molar-refractivity contribution is -0.870. The van der Waals surface area contributed by atoms with Crippen LogP contribution in [0.15, 0.2) is 48.6 Å². The molecule has 3 atom stereocenters. The van der Waals surface area contributed by atoms with Gasteiger partial charge in [0.05, 0.1) is 39.9 Å². The maximum Gasteiger partial charge on any atom is 0.472 e. The Morgan fingerprint density at radius 1 is 0.618 bits per heavy atom. The zero-order valence-electron chi connectivity index (χ0n) is 36.4. The van der Waals surface area contributed by atoms with E-state index in [9.17, 15) is 19.4 Å². The number of carbonyl (C=O) groups excluding carboxylic acids is 1. The highest BCUT2D eigenvalue weighted by molar-refractivity contribution is 7.47. The first-order valence-corrected chi connectivity index (χ1v) is 24.0. The number of aliphatic hydroxyl groups is 1. The Morgan fingerprint density at radius 2 is 1.09 bits per heavy atom. The van der Waals surface area contributed by atoms with Crippen LogP contribution in [-0.4, -0.2) is 73.4 Å². The van der Waals surface area contributed by atoms with Crippen molar-refractivity contribution in [3.63, 3.8) is 0 Å². The van der Waals surface area contributed by atoms with Crippen LogP contribution in [0, 0.1) is 0 Å². The first-order chi connectivity index (χ1) is 26.5. The van der Waals surface area contributed by atoms with Crippen LogP contribution < -0.4 is 5.32 Å². The van der Waals surface area contributed by atoms with Crippen molar-refractivity contribution in [2.75, 3.05) is 40.9 Å². The number of hydrogen-bond acceptors (Lipinski definition) is 5. The predicted octanol–water partition coefficient (Wildman–Crippen LogP) is 12.5. The summed E-state index contributed by atoms with van der Waals surface area (Å²) in [5.41, 5.74) is 0. The van der Waals surface area contributed by atoms with Crippen molar-refractivity contribution in [3.8, 4) is 0 Å². The van der Waals surface area contributed by atoms with Crippen LogP contribution >= 0.6 is 7.82 Å². The molecule has 0 fully saturated rings. The minimum absolute atomic E-state index is 0.0519. The third kappa shape index (κ3) is 40.5. The zero-order valence-corrected chi connectivity index (χ0v) is 37.3. The number of amides is 1. The van der Waals surface area contributed by atoms with Crippen molar-refractivity contribution >= 4 is 13.7 Å². The normalized spacial score (nSPS) is 14.8. The van der Waals surface area contributed by atoms with E-state index in [0.29, 0.717) is 17.4 Å². The number of phosphoric ester groups is 1. The van der Waals surface area contributed by atoms with Gasteiger partial charge in [-0.25, -0.2) is 4.57 Å². The Labute approximate surface area is 339 Å². The summed E-state index contributed by atoms with van der Waals surface area (Å²) in [5.74, 6) is -0.203. The Kier molecular flexibility index (Phi) is 36.9. The van der Waals surface area contributed by atoms with Gasteiger partial charge in [-0.1, -0.05) is 172 Å². The van der Waals surface area contributed by atoms with E-state index in [1.54, 1.807) is 6.08 Å². The van der Waals surface area contributed by atoms with Crippen molar-refractivity contribution in [2.24, 2.45) is 0 Å². The summed E-state index contributed by atoms with van der Waals surface area (Å²) in [4.78, 5) is 23.1. The highest BCUT2D eigenvalue weighted by atomic mass is 31.2. The fourth-order valence-electron chi connectivity index (χ4n) is 6.15. The second kappa shape index (κ2) is 38.0. The van der Waals surface area contributed by atoms with Crippen molar-refractivity contribution in [1.29, 1.82) is 0 Å². The topological polar surface area (TPSA) is 105 Å². The molecule has 55 heavy (non-hydrogen) atoms. The Balaban J connectivity index is 4.46. The lowest BCUT2D eigenvalue weighted by Gasteiger charge is -2.25. The molecule has 0 rings (SSSR count). The molecule has 0 bridgehead atoms. The average Bonchev–Trinajstić information content (AvgIpc) is 3.13. The van der Waals surface area contributed by atoms with Crippen molar-refractivity contribution in [1.82, 2.24) is 5.32 Å². The summed E-state index contributed by atoms with van der Waals surface area (Å²) in [7, 11) is 1.54.